The Hall–Kier alpha value is -2.60. The second kappa shape index (κ2) is 7.19. The van der Waals surface area contributed by atoms with E-state index in [1.165, 1.54) is 4.90 Å². The van der Waals surface area contributed by atoms with Crippen LogP contribution in [0.2, 0.25) is 0 Å². The summed E-state index contributed by atoms with van der Waals surface area (Å²) >= 11 is 1.87. The van der Waals surface area contributed by atoms with Crippen LogP contribution in [0.3, 0.4) is 0 Å². The number of para-hydroxylation sites is 1. The molecule has 0 unspecified atom stereocenters. The molecule has 0 fully saturated rings. The molecular weight excluding hydrogens is 360 g/mol. The van der Waals surface area contributed by atoms with Crippen molar-refractivity contribution >= 4 is 28.6 Å². The zero-order valence-corrected chi connectivity index (χ0v) is 16.4. The van der Waals surface area contributed by atoms with E-state index in [1.54, 1.807) is 14.2 Å². The predicted molar refractivity (Wildman–Crippen MR) is 108 cm³/mol. The van der Waals surface area contributed by atoms with Gasteiger partial charge in [-0.2, -0.15) is 0 Å². The van der Waals surface area contributed by atoms with Crippen LogP contribution in [0.15, 0.2) is 47.4 Å². The van der Waals surface area contributed by atoms with E-state index in [2.05, 4.69) is 35.0 Å². The summed E-state index contributed by atoms with van der Waals surface area (Å²) in [5.74, 6) is 1.35. The van der Waals surface area contributed by atoms with Crippen molar-refractivity contribution in [3.8, 4) is 11.5 Å². The van der Waals surface area contributed by atoms with Crippen LogP contribution in [0.1, 0.15) is 23.0 Å². The Morgan fingerprint density at radius 1 is 1.22 bits per heavy atom. The molecule has 3 aromatic rings. The number of nitrogens with zero attached hydrogens (tertiary/aromatic N) is 1. The third kappa shape index (κ3) is 3.25. The molecule has 5 nitrogen and oxygen atoms in total. The topological polar surface area (TPSA) is 52.5 Å². The lowest BCUT2D eigenvalue weighted by molar-refractivity contribution is 0.0941. The van der Waals surface area contributed by atoms with E-state index >= 15 is 0 Å². The molecule has 2 aromatic carbocycles. The number of amides is 1. The van der Waals surface area contributed by atoms with Crippen molar-refractivity contribution in [3.05, 3.63) is 53.7 Å². The Kier molecular flexibility index (Phi) is 4.74. The number of hydrogen-bond donors (Lipinski definition) is 1. The summed E-state index contributed by atoms with van der Waals surface area (Å²) in [5.41, 5.74) is 2.77. The molecular formula is C21H22N2O3S. The van der Waals surface area contributed by atoms with Gasteiger partial charge in [0.15, 0.2) is 0 Å². The molecule has 1 amide bonds. The summed E-state index contributed by atoms with van der Waals surface area (Å²) in [7, 11) is 3.23. The van der Waals surface area contributed by atoms with E-state index in [0.29, 0.717) is 23.2 Å². The quantitative estimate of drug-likeness (QED) is 0.722. The highest BCUT2D eigenvalue weighted by molar-refractivity contribution is 8.00. The van der Waals surface area contributed by atoms with Crippen LogP contribution in [0.5, 0.6) is 11.5 Å². The first-order chi connectivity index (χ1) is 13.1. The standard InChI is InChI=1S/C21H22N2O3S/c1-13-12-23-17(9-14-5-4-6-19(27-13)20(14)23)21(24)22-11-15-7-8-16(25-2)10-18(15)26-3/h4-10,13H,11-12H2,1-3H3,(H,22,24)/t13-/m1/s1. The molecule has 0 saturated carbocycles. The molecule has 1 aromatic heterocycles. The van der Waals surface area contributed by atoms with E-state index in [0.717, 1.165) is 28.8 Å². The Morgan fingerprint density at radius 3 is 2.85 bits per heavy atom. The monoisotopic (exact) mass is 382 g/mol. The van der Waals surface area contributed by atoms with E-state index in [4.69, 9.17) is 9.47 Å². The third-order valence-electron chi connectivity index (χ3n) is 4.82. The van der Waals surface area contributed by atoms with Gasteiger partial charge in [0, 0.05) is 40.3 Å². The average Bonchev–Trinajstić information content (AvgIpc) is 3.05. The molecule has 0 radical (unpaired) electrons. The van der Waals surface area contributed by atoms with Crippen LogP contribution >= 0.6 is 11.8 Å². The van der Waals surface area contributed by atoms with Crippen LogP contribution < -0.4 is 14.8 Å². The second-order valence-electron chi connectivity index (χ2n) is 6.62. The zero-order valence-electron chi connectivity index (χ0n) is 15.6. The van der Waals surface area contributed by atoms with Gasteiger partial charge in [0.2, 0.25) is 0 Å². The van der Waals surface area contributed by atoms with Gasteiger partial charge in [-0.1, -0.05) is 19.1 Å². The fourth-order valence-corrected chi connectivity index (χ4v) is 4.69. The minimum absolute atomic E-state index is 0.0749. The molecule has 1 N–H and O–H groups in total. The summed E-state index contributed by atoms with van der Waals surface area (Å²) < 4.78 is 12.8. The minimum atomic E-state index is -0.0749. The van der Waals surface area contributed by atoms with Crippen molar-refractivity contribution < 1.29 is 14.3 Å². The van der Waals surface area contributed by atoms with Crippen molar-refractivity contribution in [3.63, 3.8) is 0 Å². The molecule has 4 rings (SSSR count). The summed E-state index contributed by atoms with van der Waals surface area (Å²) in [5, 5.41) is 4.58. The summed E-state index contributed by atoms with van der Waals surface area (Å²) in [4.78, 5) is 14.2. The van der Waals surface area contributed by atoms with Crippen molar-refractivity contribution in [2.75, 3.05) is 14.2 Å². The van der Waals surface area contributed by atoms with Crippen LogP contribution in [0.25, 0.3) is 10.9 Å². The Balaban J connectivity index is 1.60. The van der Waals surface area contributed by atoms with Gasteiger partial charge in [0.05, 0.1) is 19.7 Å². The van der Waals surface area contributed by atoms with Crippen molar-refractivity contribution in [1.29, 1.82) is 0 Å². The van der Waals surface area contributed by atoms with Gasteiger partial charge in [0.1, 0.15) is 17.2 Å². The number of rotatable bonds is 5. The number of ether oxygens (including phenoxy) is 2. The highest BCUT2D eigenvalue weighted by Gasteiger charge is 2.24. The average molecular weight is 382 g/mol. The number of aromatic nitrogens is 1. The number of carbonyl (C=O) groups excluding carboxylic acids is 1. The molecule has 2 heterocycles. The van der Waals surface area contributed by atoms with Gasteiger partial charge < -0.3 is 19.4 Å². The smallest absolute Gasteiger partial charge is 0.268 e. The molecule has 0 saturated heterocycles. The van der Waals surface area contributed by atoms with Gasteiger partial charge >= 0.3 is 0 Å². The Bertz CT molecular complexity index is 1010. The Labute approximate surface area is 162 Å². The molecule has 0 spiro atoms. The number of thioether (sulfide) groups is 1. The molecule has 6 heteroatoms. The highest BCUT2D eigenvalue weighted by Crippen LogP contribution is 2.38. The van der Waals surface area contributed by atoms with Gasteiger partial charge in [-0.25, -0.2) is 0 Å². The zero-order chi connectivity index (χ0) is 19.0. The van der Waals surface area contributed by atoms with Gasteiger partial charge in [-0.3, -0.25) is 4.79 Å². The Morgan fingerprint density at radius 2 is 2.07 bits per heavy atom. The number of methoxy groups -OCH3 is 2. The maximum Gasteiger partial charge on any atom is 0.268 e. The highest BCUT2D eigenvalue weighted by atomic mass is 32.2. The minimum Gasteiger partial charge on any atom is -0.497 e. The van der Waals surface area contributed by atoms with Crippen molar-refractivity contribution in [2.24, 2.45) is 0 Å². The fourth-order valence-electron chi connectivity index (χ4n) is 3.54. The number of carbonyl (C=O) groups is 1. The number of benzene rings is 2. The van der Waals surface area contributed by atoms with Crippen LogP contribution in [-0.2, 0) is 13.1 Å². The molecule has 1 aliphatic rings. The first-order valence-corrected chi connectivity index (χ1v) is 9.76. The maximum absolute atomic E-state index is 12.9. The molecule has 0 bridgehead atoms. The van der Waals surface area contributed by atoms with Gasteiger partial charge in [0.25, 0.3) is 5.91 Å². The molecule has 0 aliphatic carbocycles. The molecule has 140 valence electrons. The fraction of sp³-hybridized carbons (Fsp3) is 0.286. The SMILES string of the molecule is COc1ccc(CNC(=O)c2cc3cccc4c3n2C[C@@H](C)S4)c(OC)c1. The summed E-state index contributed by atoms with van der Waals surface area (Å²) in [6, 6.07) is 13.8. The first-order valence-electron chi connectivity index (χ1n) is 8.88. The predicted octanol–water partition coefficient (Wildman–Crippen LogP) is 4.08. The molecule has 1 aliphatic heterocycles. The lowest BCUT2D eigenvalue weighted by Gasteiger charge is -2.22. The molecule has 27 heavy (non-hydrogen) atoms. The largest absolute Gasteiger partial charge is 0.497 e. The molecule has 1 atom stereocenters. The maximum atomic E-state index is 12.9. The van der Waals surface area contributed by atoms with E-state index in [9.17, 15) is 4.79 Å². The van der Waals surface area contributed by atoms with Gasteiger partial charge in [-0.05, 0) is 24.3 Å². The first kappa shape index (κ1) is 17.8. The van der Waals surface area contributed by atoms with Crippen LogP contribution in [-0.4, -0.2) is 29.9 Å². The van der Waals surface area contributed by atoms with Crippen molar-refractivity contribution in [2.45, 2.75) is 30.2 Å². The second-order valence-corrected chi connectivity index (χ2v) is 8.10. The normalized spacial score (nSPS) is 15.6. The van der Waals surface area contributed by atoms with Crippen LogP contribution in [0.4, 0.5) is 0 Å². The van der Waals surface area contributed by atoms with E-state index < -0.39 is 0 Å². The van der Waals surface area contributed by atoms with E-state index in [1.807, 2.05) is 36.0 Å². The van der Waals surface area contributed by atoms with Gasteiger partial charge in [-0.15, -0.1) is 11.8 Å². The van der Waals surface area contributed by atoms with Crippen LogP contribution in [0, 0.1) is 0 Å². The lowest BCUT2D eigenvalue weighted by atomic mass is 10.2. The van der Waals surface area contributed by atoms with E-state index in [-0.39, 0.29) is 5.91 Å². The summed E-state index contributed by atoms with van der Waals surface area (Å²) in [6.07, 6.45) is 0. The number of hydrogen-bond acceptors (Lipinski definition) is 4. The third-order valence-corrected chi connectivity index (χ3v) is 5.95. The number of nitrogens with one attached hydrogen (secondary N) is 1. The lowest BCUT2D eigenvalue weighted by Crippen LogP contribution is -2.27. The summed E-state index contributed by atoms with van der Waals surface area (Å²) in [6.45, 7) is 3.42. The van der Waals surface area contributed by atoms with Crippen molar-refractivity contribution in [1.82, 2.24) is 9.88 Å².